The summed E-state index contributed by atoms with van der Waals surface area (Å²) >= 11 is 0. The molecule has 9 nitrogen and oxygen atoms in total. The van der Waals surface area contributed by atoms with E-state index >= 15 is 0 Å². The number of aliphatic carboxylic acids is 1. The van der Waals surface area contributed by atoms with E-state index in [1.807, 2.05) is 12.1 Å². The van der Waals surface area contributed by atoms with E-state index < -0.39 is 5.97 Å². The van der Waals surface area contributed by atoms with Crippen LogP contribution >= 0.6 is 0 Å². The van der Waals surface area contributed by atoms with Gasteiger partial charge in [-0.2, -0.15) is 10.2 Å². The number of benzene rings is 1. The second kappa shape index (κ2) is 6.45. The number of nitrogens with zero attached hydrogens (tertiary/aromatic N) is 6. The van der Waals surface area contributed by atoms with Crippen LogP contribution in [0.15, 0.2) is 49.1 Å². The molecule has 0 aliphatic carbocycles. The van der Waals surface area contributed by atoms with Crippen LogP contribution in [0, 0.1) is 0 Å². The van der Waals surface area contributed by atoms with Crippen LogP contribution in [0.1, 0.15) is 17.4 Å². The van der Waals surface area contributed by atoms with Crippen LogP contribution in [0.2, 0.25) is 0 Å². The second-order valence-corrected chi connectivity index (χ2v) is 5.91. The normalized spacial score (nSPS) is 11.0. The van der Waals surface area contributed by atoms with E-state index in [-0.39, 0.29) is 18.0 Å². The summed E-state index contributed by atoms with van der Waals surface area (Å²) in [4.78, 5) is 31.3. The lowest BCUT2D eigenvalue weighted by molar-refractivity contribution is -0.137. The zero-order valence-electron chi connectivity index (χ0n) is 14.3. The molecule has 134 valence electrons. The first kappa shape index (κ1) is 16.6. The van der Waals surface area contributed by atoms with Crippen LogP contribution in [-0.2, 0) is 11.3 Å². The highest BCUT2D eigenvalue weighted by Crippen LogP contribution is 2.27. The fraction of sp³-hybridized carbons (Fsp3) is 0.111. The van der Waals surface area contributed by atoms with E-state index in [4.69, 9.17) is 5.11 Å². The lowest BCUT2D eigenvalue weighted by Gasteiger charge is -2.01. The van der Waals surface area contributed by atoms with Gasteiger partial charge in [0.15, 0.2) is 5.78 Å². The minimum absolute atomic E-state index is 0.227. The van der Waals surface area contributed by atoms with Crippen LogP contribution < -0.4 is 0 Å². The van der Waals surface area contributed by atoms with Crippen molar-refractivity contribution in [3.8, 4) is 17.1 Å². The average Bonchev–Trinajstić information content (AvgIpc) is 3.27. The van der Waals surface area contributed by atoms with E-state index in [1.165, 1.54) is 11.6 Å². The molecule has 0 saturated heterocycles. The number of carbonyl (C=O) groups excluding carboxylic acids is 1. The molecule has 0 fully saturated rings. The van der Waals surface area contributed by atoms with E-state index in [2.05, 4.69) is 20.2 Å². The predicted octanol–water partition coefficient (Wildman–Crippen LogP) is 1.97. The Morgan fingerprint density at radius 2 is 1.93 bits per heavy atom. The highest BCUT2D eigenvalue weighted by molar-refractivity contribution is 6.06. The molecule has 1 aromatic carbocycles. The second-order valence-electron chi connectivity index (χ2n) is 5.91. The number of carbonyl (C=O) groups is 2. The molecule has 4 rings (SSSR count). The summed E-state index contributed by atoms with van der Waals surface area (Å²) in [6, 6.07) is 7.12. The summed E-state index contributed by atoms with van der Waals surface area (Å²) in [7, 11) is 0. The van der Waals surface area contributed by atoms with Gasteiger partial charge in [0.1, 0.15) is 12.2 Å². The van der Waals surface area contributed by atoms with E-state index in [0.29, 0.717) is 16.9 Å². The standard InChI is InChI=1S/C18H14N6O3/c1-11(25)17-14-7-12(3-4-15(14)23(22-17)10-16(26)27)13-8-21-24(9-13)18-19-5-2-6-20-18/h2-9H,10H2,1H3,(H,26,27). The van der Waals surface area contributed by atoms with E-state index in [1.54, 1.807) is 41.6 Å². The molecule has 0 atom stereocenters. The van der Waals surface area contributed by atoms with Crippen molar-refractivity contribution in [1.29, 1.82) is 0 Å². The molecule has 1 N–H and O–H groups in total. The molecule has 0 unspecified atom stereocenters. The Hall–Kier alpha value is -3.88. The molecule has 0 saturated carbocycles. The van der Waals surface area contributed by atoms with Gasteiger partial charge in [-0.25, -0.2) is 14.6 Å². The zero-order valence-corrected chi connectivity index (χ0v) is 14.3. The maximum absolute atomic E-state index is 11.9. The quantitative estimate of drug-likeness (QED) is 0.540. The Morgan fingerprint density at radius 1 is 1.15 bits per heavy atom. The topological polar surface area (TPSA) is 116 Å². The summed E-state index contributed by atoms with van der Waals surface area (Å²) in [6.07, 6.45) is 6.72. The molecular weight excluding hydrogens is 348 g/mol. The fourth-order valence-electron chi connectivity index (χ4n) is 2.86. The third-order valence-corrected chi connectivity index (χ3v) is 4.04. The van der Waals surface area contributed by atoms with Gasteiger partial charge in [-0.3, -0.25) is 14.3 Å². The highest BCUT2D eigenvalue weighted by atomic mass is 16.4. The Balaban J connectivity index is 1.80. The maximum atomic E-state index is 11.9. The van der Waals surface area contributed by atoms with Gasteiger partial charge < -0.3 is 5.11 Å². The van der Waals surface area contributed by atoms with Gasteiger partial charge in [0.05, 0.1) is 11.7 Å². The Kier molecular flexibility index (Phi) is 3.96. The predicted molar refractivity (Wildman–Crippen MR) is 95.5 cm³/mol. The van der Waals surface area contributed by atoms with Crippen molar-refractivity contribution in [2.24, 2.45) is 0 Å². The monoisotopic (exact) mass is 362 g/mol. The van der Waals surface area contributed by atoms with Crippen molar-refractivity contribution in [2.45, 2.75) is 13.5 Å². The first-order valence-corrected chi connectivity index (χ1v) is 8.08. The average molecular weight is 362 g/mol. The first-order chi connectivity index (χ1) is 13.0. The molecule has 0 bridgehead atoms. The Morgan fingerprint density at radius 3 is 2.63 bits per heavy atom. The lowest BCUT2D eigenvalue weighted by Crippen LogP contribution is -2.10. The fourth-order valence-corrected chi connectivity index (χ4v) is 2.86. The summed E-state index contributed by atoms with van der Waals surface area (Å²) < 4.78 is 2.87. The van der Waals surface area contributed by atoms with E-state index in [0.717, 1.165) is 11.1 Å². The number of aromatic nitrogens is 6. The van der Waals surface area contributed by atoms with Crippen LogP contribution in [0.4, 0.5) is 0 Å². The number of Topliss-reactive ketones (excluding diaryl/α,β-unsaturated/α-hetero) is 1. The largest absolute Gasteiger partial charge is 0.480 e. The van der Waals surface area contributed by atoms with Crippen LogP contribution in [-0.4, -0.2) is 46.4 Å². The van der Waals surface area contributed by atoms with Crippen molar-refractivity contribution in [3.63, 3.8) is 0 Å². The van der Waals surface area contributed by atoms with Crippen molar-refractivity contribution in [1.82, 2.24) is 29.5 Å². The van der Waals surface area contributed by atoms with Gasteiger partial charge in [0.2, 0.25) is 5.95 Å². The summed E-state index contributed by atoms with van der Waals surface area (Å²) in [5.41, 5.74) is 2.46. The Bertz CT molecular complexity index is 1160. The molecule has 0 amide bonds. The number of fused-ring (bicyclic) bond motifs is 1. The molecule has 0 aliphatic heterocycles. The molecule has 9 heteroatoms. The van der Waals surface area contributed by atoms with Crippen LogP contribution in [0.5, 0.6) is 0 Å². The number of carboxylic acid groups (broad SMARTS) is 1. The first-order valence-electron chi connectivity index (χ1n) is 8.08. The summed E-state index contributed by atoms with van der Waals surface area (Å²) in [6.45, 7) is 1.09. The Labute approximate surface area is 152 Å². The minimum atomic E-state index is -1.03. The molecule has 0 radical (unpaired) electrons. The van der Waals surface area contributed by atoms with Gasteiger partial charge in [0.25, 0.3) is 0 Å². The number of ketones is 1. The maximum Gasteiger partial charge on any atom is 0.325 e. The summed E-state index contributed by atoms with van der Waals surface area (Å²) in [5.74, 6) is -0.805. The molecule has 0 aliphatic rings. The molecule has 27 heavy (non-hydrogen) atoms. The smallest absolute Gasteiger partial charge is 0.325 e. The van der Waals surface area contributed by atoms with Gasteiger partial charge >= 0.3 is 5.97 Å². The van der Waals surface area contributed by atoms with Gasteiger partial charge in [-0.05, 0) is 23.8 Å². The van der Waals surface area contributed by atoms with Crippen molar-refractivity contribution in [2.75, 3.05) is 0 Å². The van der Waals surface area contributed by atoms with Gasteiger partial charge in [-0.15, -0.1) is 0 Å². The highest BCUT2D eigenvalue weighted by Gasteiger charge is 2.17. The molecule has 0 spiro atoms. The number of hydrogen-bond acceptors (Lipinski definition) is 6. The minimum Gasteiger partial charge on any atom is -0.480 e. The number of rotatable bonds is 5. The third-order valence-electron chi connectivity index (χ3n) is 4.04. The van der Waals surface area contributed by atoms with Gasteiger partial charge in [0, 0.05) is 36.5 Å². The van der Waals surface area contributed by atoms with Crippen molar-refractivity contribution in [3.05, 3.63) is 54.7 Å². The molecule has 3 aromatic heterocycles. The number of carboxylic acids is 1. The molecule has 3 heterocycles. The molecular formula is C18H14N6O3. The van der Waals surface area contributed by atoms with Crippen LogP contribution in [0.3, 0.4) is 0 Å². The third kappa shape index (κ3) is 3.06. The lowest BCUT2D eigenvalue weighted by atomic mass is 10.1. The molecule has 4 aromatic rings. The van der Waals surface area contributed by atoms with Crippen molar-refractivity contribution >= 4 is 22.7 Å². The van der Waals surface area contributed by atoms with Crippen molar-refractivity contribution < 1.29 is 14.7 Å². The van der Waals surface area contributed by atoms with Gasteiger partial charge in [-0.1, -0.05) is 6.07 Å². The summed E-state index contributed by atoms with van der Waals surface area (Å²) in [5, 5.41) is 18.1. The number of hydrogen-bond donors (Lipinski definition) is 1. The SMILES string of the molecule is CC(=O)c1nn(CC(=O)O)c2ccc(-c3cnn(-c4ncccn4)c3)cc12. The zero-order chi connectivity index (χ0) is 19.0. The van der Waals surface area contributed by atoms with Crippen LogP contribution in [0.25, 0.3) is 28.0 Å². The van der Waals surface area contributed by atoms with E-state index in [9.17, 15) is 9.59 Å².